The Balaban J connectivity index is 2.18. The van der Waals surface area contributed by atoms with Crippen LogP contribution in [0, 0.1) is 13.8 Å². The molecule has 0 bridgehead atoms. The van der Waals surface area contributed by atoms with E-state index in [1.807, 2.05) is 39.8 Å². The zero-order valence-electron chi connectivity index (χ0n) is 22.2. The first-order valence-electron chi connectivity index (χ1n) is 12.0. The quantitative estimate of drug-likeness (QED) is 0.437. The fourth-order valence-corrected chi connectivity index (χ4v) is 6.70. The molecule has 0 fully saturated rings. The van der Waals surface area contributed by atoms with Crippen LogP contribution in [-0.2, 0) is 32.5 Å². The molecule has 0 saturated carbocycles. The van der Waals surface area contributed by atoms with Crippen molar-refractivity contribution in [2.45, 2.75) is 59.2 Å². The largest absolute Gasteiger partial charge is 0.487 e. The van der Waals surface area contributed by atoms with E-state index in [9.17, 15) is 18.3 Å². The van der Waals surface area contributed by atoms with Gasteiger partial charge in [-0.05, 0) is 75.6 Å². The van der Waals surface area contributed by atoms with Gasteiger partial charge in [-0.1, -0.05) is 11.6 Å². The van der Waals surface area contributed by atoms with Gasteiger partial charge >= 0.3 is 5.97 Å². The third-order valence-electron chi connectivity index (χ3n) is 6.53. The van der Waals surface area contributed by atoms with Gasteiger partial charge in [0.25, 0.3) is 0 Å². The highest BCUT2D eigenvalue weighted by molar-refractivity contribution is 7.92. The van der Waals surface area contributed by atoms with Crippen LogP contribution in [0.1, 0.15) is 37.6 Å². The van der Waals surface area contributed by atoms with Gasteiger partial charge in [-0.2, -0.15) is 0 Å². The van der Waals surface area contributed by atoms with E-state index in [1.54, 1.807) is 19.1 Å². The Labute approximate surface area is 222 Å². The number of hydrogen-bond acceptors (Lipinski definition) is 5. The Morgan fingerprint density at radius 3 is 2.46 bits per heavy atom. The summed E-state index contributed by atoms with van der Waals surface area (Å²) in [6.45, 7) is 10.1. The van der Waals surface area contributed by atoms with E-state index in [0.29, 0.717) is 45.3 Å². The van der Waals surface area contributed by atoms with Gasteiger partial charge in [-0.25, -0.2) is 8.42 Å². The predicted molar refractivity (Wildman–Crippen MR) is 147 cm³/mol. The van der Waals surface area contributed by atoms with Crippen molar-refractivity contribution < 1.29 is 27.8 Å². The van der Waals surface area contributed by atoms with Crippen molar-refractivity contribution in [3.63, 3.8) is 0 Å². The number of ether oxygens (including phenoxy) is 2. The van der Waals surface area contributed by atoms with Crippen molar-refractivity contribution in [2.75, 3.05) is 24.3 Å². The van der Waals surface area contributed by atoms with Crippen LogP contribution in [0.5, 0.6) is 5.75 Å². The Morgan fingerprint density at radius 1 is 1.22 bits per heavy atom. The second-order valence-electron chi connectivity index (χ2n) is 10.6. The number of sulfonamides is 1. The second kappa shape index (κ2) is 9.53. The molecule has 1 atom stereocenters. The Kier molecular flexibility index (Phi) is 7.03. The van der Waals surface area contributed by atoms with Crippen LogP contribution in [0.2, 0.25) is 5.02 Å². The first-order chi connectivity index (χ1) is 17.1. The first kappa shape index (κ1) is 27.3. The van der Waals surface area contributed by atoms with Crippen LogP contribution in [0.4, 0.5) is 5.69 Å². The van der Waals surface area contributed by atoms with Crippen LogP contribution in [0.25, 0.3) is 22.0 Å². The highest BCUT2D eigenvalue weighted by Gasteiger charge is 2.38. The lowest BCUT2D eigenvalue weighted by Gasteiger charge is -2.38. The third kappa shape index (κ3) is 5.04. The summed E-state index contributed by atoms with van der Waals surface area (Å²) in [5.74, 6) is -0.491. The van der Waals surface area contributed by atoms with Crippen molar-refractivity contribution in [1.29, 1.82) is 0 Å². The Hall–Kier alpha value is -2.75. The summed E-state index contributed by atoms with van der Waals surface area (Å²) in [5, 5.41) is 11.2. The van der Waals surface area contributed by atoms with E-state index in [0.717, 1.165) is 16.6 Å². The maximum Gasteiger partial charge on any atom is 0.307 e. The molecule has 0 radical (unpaired) electrons. The number of hydrogen-bond donors (Lipinski definition) is 1. The molecular formula is C27H33ClN2O6S. The second-order valence-corrected chi connectivity index (χ2v) is 12.9. The molecule has 0 spiro atoms. The van der Waals surface area contributed by atoms with Crippen LogP contribution in [-0.4, -0.2) is 55.7 Å². The van der Waals surface area contributed by atoms with Crippen molar-refractivity contribution in [1.82, 2.24) is 4.57 Å². The van der Waals surface area contributed by atoms with Gasteiger partial charge in [-0.3, -0.25) is 9.10 Å². The number of aliphatic carboxylic acids is 1. The lowest BCUT2D eigenvalue weighted by atomic mass is 9.88. The normalized spacial score (nSPS) is 15.9. The molecule has 2 aromatic carbocycles. The third-order valence-corrected chi connectivity index (χ3v) is 7.96. The molecular weight excluding hydrogens is 516 g/mol. The summed E-state index contributed by atoms with van der Waals surface area (Å²) in [7, 11) is -2.17. The SMILES string of the molecule is COC[C@H]1Cn2c(C)cc3c(-c4ccc(Cl)cc4OC(C)(C)C)c(CC(=O)O)c(C)c(c32)N1S(C)(=O)=O. The average molecular weight is 549 g/mol. The minimum Gasteiger partial charge on any atom is -0.487 e. The predicted octanol–water partition coefficient (Wildman–Crippen LogP) is 5.18. The summed E-state index contributed by atoms with van der Waals surface area (Å²) in [5.41, 5.74) is 4.16. The summed E-state index contributed by atoms with van der Waals surface area (Å²) < 4.78 is 41.4. The van der Waals surface area contributed by atoms with E-state index in [2.05, 4.69) is 4.57 Å². The number of carboxylic acids is 1. The molecule has 1 aliphatic heterocycles. The van der Waals surface area contributed by atoms with Crippen molar-refractivity contribution in [3.8, 4) is 16.9 Å². The Bertz CT molecular complexity index is 1500. The molecule has 4 rings (SSSR count). The van der Waals surface area contributed by atoms with Crippen LogP contribution >= 0.6 is 11.6 Å². The van der Waals surface area contributed by atoms with Crippen molar-refractivity contribution in [3.05, 3.63) is 46.1 Å². The van der Waals surface area contributed by atoms with E-state index in [-0.39, 0.29) is 13.0 Å². The smallest absolute Gasteiger partial charge is 0.307 e. The molecule has 0 aliphatic carbocycles. The molecule has 0 unspecified atom stereocenters. The molecule has 3 aromatic rings. The van der Waals surface area contributed by atoms with Gasteiger partial charge in [-0.15, -0.1) is 0 Å². The van der Waals surface area contributed by atoms with Crippen LogP contribution < -0.4 is 9.04 Å². The molecule has 1 N–H and O–H groups in total. The molecule has 8 nitrogen and oxygen atoms in total. The standard InChI is InChI=1S/C27H33ClN2O6S/c1-15-10-21-24(19-9-8-17(28)11-22(19)36-27(3,4)5)20(12-23(31)32)16(2)25-26(21)29(15)13-18(14-35-6)30(25)37(7,33)34/h8-11,18H,12-14H2,1-7H3,(H,31,32)/t18-/m1/s1. The monoisotopic (exact) mass is 548 g/mol. The molecule has 2 heterocycles. The zero-order chi connectivity index (χ0) is 27.4. The number of aromatic nitrogens is 1. The summed E-state index contributed by atoms with van der Waals surface area (Å²) >= 11 is 6.34. The number of halogens is 1. The molecule has 1 aromatic heterocycles. The summed E-state index contributed by atoms with van der Waals surface area (Å²) in [6, 6.07) is 6.83. The van der Waals surface area contributed by atoms with Gasteiger partial charge in [0.2, 0.25) is 10.0 Å². The van der Waals surface area contributed by atoms with Crippen LogP contribution in [0.3, 0.4) is 0 Å². The van der Waals surface area contributed by atoms with Gasteiger partial charge < -0.3 is 19.1 Å². The number of nitrogens with zero attached hydrogens (tertiary/aromatic N) is 2. The topological polar surface area (TPSA) is 98.1 Å². The summed E-state index contributed by atoms with van der Waals surface area (Å²) in [4.78, 5) is 12.1. The molecule has 0 amide bonds. The van der Waals surface area contributed by atoms with E-state index in [1.165, 1.54) is 17.7 Å². The Morgan fingerprint density at radius 2 is 1.89 bits per heavy atom. The van der Waals surface area contributed by atoms with Crippen LogP contribution in [0.15, 0.2) is 24.3 Å². The minimum absolute atomic E-state index is 0.196. The number of rotatable bonds is 7. The number of anilines is 1. The number of aryl methyl sites for hydroxylation is 1. The maximum atomic E-state index is 13.1. The average Bonchev–Trinajstić information content (AvgIpc) is 3.07. The van der Waals surface area contributed by atoms with Gasteiger partial charge in [0.05, 0.1) is 36.5 Å². The number of carbonyl (C=O) groups is 1. The molecule has 10 heteroatoms. The molecule has 1 aliphatic rings. The van der Waals surface area contributed by atoms with E-state index >= 15 is 0 Å². The van der Waals surface area contributed by atoms with E-state index in [4.69, 9.17) is 21.1 Å². The minimum atomic E-state index is -3.71. The van der Waals surface area contributed by atoms with Crippen molar-refractivity contribution in [2.24, 2.45) is 0 Å². The molecule has 37 heavy (non-hydrogen) atoms. The van der Waals surface area contributed by atoms with Gasteiger partial charge in [0, 0.05) is 35.3 Å². The lowest BCUT2D eigenvalue weighted by molar-refractivity contribution is -0.136. The zero-order valence-corrected chi connectivity index (χ0v) is 23.7. The number of carboxylic acid groups (broad SMARTS) is 1. The highest BCUT2D eigenvalue weighted by Crippen LogP contribution is 2.49. The number of benzene rings is 2. The summed E-state index contributed by atoms with van der Waals surface area (Å²) in [6.07, 6.45) is 0.879. The van der Waals surface area contributed by atoms with Crippen molar-refractivity contribution >= 4 is 44.2 Å². The fourth-order valence-electron chi connectivity index (χ4n) is 5.31. The number of methoxy groups -OCH3 is 1. The first-order valence-corrected chi connectivity index (χ1v) is 14.2. The molecule has 200 valence electrons. The molecule has 0 saturated heterocycles. The van der Waals surface area contributed by atoms with Gasteiger partial charge in [0.1, 0.15) is 11.4 Å². The van der Waals surface area contributed by atoms with Gasteiger partial charge in [0.15, 0.2) is 0 Å². The van der Waals surface area contributed by atoms with E-state index < -0.39 is 27.6 Å². The maximum absolute atomic E-state index is 13.1. The highest BCUT2D eigenvalue weighted by atomic mass is 35.5. The lowest BCUT2D eigenvalue weighted by Crippen LogP contribution is -2.48. The fraction of sp³-hybridized carbons (Fsp3) is 0.444.